The Bertz CT molecular complexity index is 813. The predicted molar refractivity (Wildman–Crippen MR) is 143 cm³/mol. The minimum atomic E-state index is -0.485. The summed E-state index contributed by atoms with van der Waals surface area (Å²) in [5.41, 5.74) is 1.97. The van der Waals surface area contributed by atoms with Crippen molar-refractivity contribution in [2.45, 2.75) is 81.8 Å². The van der Waals surface area contributed by atoms with Crippen LogP contribution >= 0.6 is 11.6 Å². The maximum absolute atomic E-state index is 12.0. The fraction of sp³-hybridized carbons (Fsp3) is 0.690. The molecule has 0 amide bonds. The van der Waals surface area contributed by atoms with Crippen LogP contribution in [0.25, 0.3) is 0 Å². The van der Waals surface area contributed by atoms with E-state index in [1.165, 1.54) is 0 Å². The summed E-state index contributed by atoms with van der Waals surface area (Å²) in [5, 5.41) is 21.2. The Morgan fingerprint density at radius 1 is 1.28 bits per heavy atom. The maximum Gasteiger partial charge on any atom is 0.305 e. The highest BCUT2D eigenvalue weighted by atomic mass is 35.5. The number of ether oxygens (including phenoxy) is 2. The van der Waals surface area contributed by atoms with Gasteiger partial charge < -0.3 is 19.7 Å². The molecule has 7 heteroatoms. The lowest BCUT2D eigenvalue weighted by Gasteiger charge is -2.26. The van der Waals surface area contributed by atoms with Gasteiger partial charge in [-0.1, -0.05) is 56.2 Å². The van der Waals surface area contributed by atoms with E-state index in [1.54, 1.807) is 0 Å². The number of rotatable bonds is 14. The Balaban J connectivity index is 1.41. The standard InChI is InChI=1S/C29H44ClNO5/c1-2-3-12-26(32)22-9-8-10-23(20-22)29-24(25(30)21-27(29)33)11-6-4-5-7-13-28(34)36-19-16-31-14-17-35-18-15-31/h4,6,8-10,20,24-27,29,32-33H,2-3,5,7,11-19,21H2,1H3/t24-,25+,26?,27+,29+/m0/s1. The zero-order valence-electron chi connectivity index (χ0n) is 21.7. The van der Waals surface area contributed by atoms with Gasteiger partial charge in [-0.25, -0.2) is 0 Å². The Morgan fingerprint density at radius 2 is 2.08 bits per heavy atom. The number of benzene rings is 1. The molecule has 3 rings (SSSR count). The topological polar surface area (TPSA) is 79.2 Å². The number of unbranched alkanes of at least 4 members (excludes halogenated alkanes) is 2. The van der Waals surface area contributed by atoms with E-state index in [-0.39, 0.29) is 23.2 Å². The van der Waals surface area contributed by atoms with Crippen molar-refractivity contribution in [1.29, 1.82) is 0 Å². The molecule has 2 N–H and O–H groups in total. The minimum absolute atomic E-state index is 0.0445. The van der Waals surface area contributed by atoms with Gasteiger partial charge in [-0.2, -0.15) is 0 Å². The van der Waals surface area contributed by atoms with Gasteiger partial charge in [0.1, 0.15) is 6.61 Å². The first kappa shape index (κ1) is 29.1. The van der Waals surface area contributed by atoms with Gasteiger partial charge in [-0.15, -0.1) is 11.6 Å². The molecule has 1 aromatic rings. The fourth-order valence-corrected chi connectivity index (χ4v) is 5.73. The van der Waals surface area contributed by atoms with Crippen LogP contribution < -0.4 is 0 Å². The first-order valence-electron chi connectivity index (χ1n) is 13.7. The number of hydrogen-bond donors (Lipinski definition) is 2. The fourth-order valence-electron chi connectivity index (χ4n) is 5.28. The molecule has 1 aliphatic carbocycles. The smallest absolute Gasteiger partial charge is 0.305 e. The molecule has 202 valence electrons. The number of carbonyl (C=O) groups excluding carboxylic acids is 1. The SMILES string of the molecule is CCCCC(O)c1cccc([C@@H]2[C@@H](CC=CCCCC(=O)OCCN3CCOCC3)[C@H](Cl)C[C@H]2O)c1. The van der Waals surface area contributed by atoms with E-state index in [9.17, 15) is 15.0 Å². The molecule has 1 unspecified atom stereocenters. The molecule has 0 aromatic heterocycles. The van der Waals surface area contributed by atoms with Crippen molar-refractivity contribution >= 4 is 17.6 Å². The van der Waals surface area contributed by atoms with Crippen LogP contribution in [0.15, 0.2) is 36.4 Å². The molecule has 2 aliphatic rings. The second-order valence-corrected chi connectivity index (χ2v) is 10.7. The zero-order valence-corrected chi connectivity index (χ0v) is 22.5. The molecule has 0 bridgehead atoms. The second kappa shape index (κ2) is 15.7. The summed E-state index contributed by atoms with van der Waals surface area (Å²) in [5.74, 6) is -0.0551. The van der Waals surface area contributed by atoms with Crippen LogP contribution in [-0.4, -0.2) is 72.0 Å². The summed E-state index contributed by atoms with van der Waals surface area (Å²) >= 11 is 6.66. The Labute approximate surface area is 221 Å². The number of nitrogens with zero attached hydrogens (tertiary/aromatic N) is 1. The van der Waals surface area contributed by atoms with Crippen LogP contribution in [0.3, 0.4) is 0 Å². The Kier molecular flexibility index (Phi) is 12.7. The minimum Gasteiger partial charge on any atom is -0.464 e. The summed E-state index contributed by atoms with van der Waals surface area (Å²) in [4.78, 5) is 14.2. The number of allylic oxidation sites excluding steroid dienone is 2. The van der Waals surface area contributed by atoms with Crippen LogP contribution in [0.5, 0.6) is 0 Å². The highest BCUT2D eigenvalue weighted by molar-refractivity contribution is 6.21. The third-order valence-electron chi connectivity index (χ3n) is 7.42. The first-order chi connectivity index (χ1) is 17.5. The molecular formula is C29H44ClNO5. The summed E-state index contributed by atoms with van der Waals surface area (Å²) in [7, 11) is 0. The van der Waals surface area contributed by atoms with E-state index in [1.807, 2.05) is 24.3 Å². The van der Waals surface area contributed by atoms with Gasteiger partial charge in [0.15, 0.2) is 0 Å². The molecular weight excluding hydrogens is 478 g/mol. The highest BCUT2D eigenvalue weighted by Crippen LogP contribution is 2.45. The van der Waals surface area contributed by atoms with E-state index in [0.29, 0.717) is 19.4 Å². The average molecular weight is 522 g/mol. The van der Waals surface area contributed by atoms with E-state index in [2.05, 4.69) is 24.0 Å². The van der Waals surface area contributed by atoms with Crippen molar-refractivity contribution in [3.05, 3.63) is 47.5 Å². The monoisotopic (exact) mass is 521 g/mol. The van der Waals surface area contributed by atoms with E-state index in [4.69, 9.17) is 21.1 Å². The Hall–Kier alpha value is -1.44. The van der Waals surface area contributed by atoms with Gasteiger partial charge in [0.05, 0.1) is 25.4 Å². The molecule has 1 aliphatic heterocycles. The number of morpholine rings is 1. The van der Waals surface area contributed by atoms with Gasteiger partial charge in [0.25, 0.3) is 0 Å². The van der Waals surface area contributed by atoms with Gasteiger partial charge in [-0.3, -0.25) is 9.69 Å². The lowest BCUT2D eigenvalue weighted by atomic mass is 9.84. The Morgan fingerprint density at radius 3 is 2.86 bits per heavy atom. The largest absolute Gasteiger partial charge is 0.464 e. The van der Waals surface area contributed by atoms with Crippen molar-refractivity contribution in [2.24, 2.45) is 5.92 Å². The summed E-state index contributed by atoms with van der Waals surface area (Å²) in [6, 6.07) is 8.03. The molecule has 1 saturated heterocycles. The normalized spacial score (nSPS) is 25.9. The van der Waals surface area contributed by atoms with Crippen LogP contribution in [-0.2, 0) is 14.3 Å². The van der Waals surface area contributed by atoms with E-state index < -0.39 is 12.2 Å². The summed E-state index contributed by atoms with van der Waals surface area (Å²) in [6.07, 6.45) is 9.41. The van der Waals surface area contributed by atoms with Gasteiger partial charge >= 0.3 is 5.97 Å². The quantitative estimate of drug-likeness (QED) is 0.156. The zero-order chi connectivity index (χ0) is 25.8. The molecule has 1 saturated carbocycles. The molecule has 36 heavy (non-hydrogen) atoms. The second-order valence-electron chi connectivity index (χ2n) is 10.1. The van der Waals surface area contributed by atoms with Gasteiger partial charge in [0, 0.05) is 37.4 Å². The van der Waals surface area contributed by atoms with Crippen LogP contribution in [0.2, 0.25) is 0 Å². The van der Waals surface area contributed by atoms with Crippen LogP contribution in [0.1, 0.15) is 81.4 Å². The van der Waals surface area contributed by atoms with E-state index in [0.717, 1.165) is 82.5 Å². The van der Waals surface area contributed by atoms with Crippen LogP contribution in [0, 0.1) is 5.92 Å². The third kappa shape index (κ3) is 9.14. The van der Waals surface area contributed by atoms with E-state index >= 15 is 0 Å². The number of hydrogen-bond acceptors (Lipinski definition) is 6. The lowest BCUT2D eigenvalue weighted by molar-refractivity contribution is -0.144. The molecule has 1 heterocycles. The molecule has 0 radical (unpaired) electrons. The first-order valence-corrected chi connectivity index (χ1v) is 14.1. The molecule has 5 atom stereocenters. The maximum atomic E-state index is 12.0. The number of aliphatic hydroxyl groups is 2. The number of halogens is 1. The van der Waals surface area contributed by atoms with Crippen molar-refractivity contribution in [1.82, 2.24) is 4.90 Å². The number of alkyl halides is 1. The van der Waals surface area contributed by atoms with Crippen molar-refractivity contribution in [3.8, 4) is 0 Å². The summed E-state index contributed by atoms with van der Waals surface area (Å²) in [6.45, 7) is 6.63. The van der Waals surface area contributed by atoms with Crippen molar-refractivity contribution in [2.75, 3.05) is 39.5 Å². The molecule has 6 nitrogen and oxygen atoms in total. The molecule has 0 spiro atoms. The van der Waals surface area contributed by atoms with Gasteiger partial charge in [-0.05, 0) is 49.1 Å². The van der Waals surface area contributed by atoms with Crippen molar-refractivity contribution in [3.63, 3.8) is 0 Å². The molecule has 2 fully saturated rings. The predicted octanol–water partition coefficient (Wildman–Crippen LogP) is 4.97. The molecule has 1 aromatic carbocycles. The number of carbonyl (C=O) groups is 1. The third-order valence-corrected chi connectivity index (χ3v) is 7.92. The highest BCUT2D eigenvalue weighted by Gasteiger charge is 2.41. The van der Waals surface area contributed by atoms with Crippen LogP contribution in [0.4, 0.5) is 0 Å². The number of esters is 1. The average Bonchev–Trinajstić information content (AvgIpc) is 3.17. The lowest BCUT2D eigenvalue weighted by Crippen LogP contribution is -2.38. The van der Waals surface area contributed by atoms with Crippen molar-refractivity contribution < 1.29 is 24.5 Å². The van der Waals surface area contributed by atoms with Gasteiger partial charge in [0.2, 0.25) is 0 Å². The number of aliphatic hydroxyl groups excluding tert-OH is 2. The summed E-state index contributed by atoms with van der Waals surface area (Å²) < 4.78 is 10.7.